The Morgan fingerprint density at radius 2 is 1.49 bits per heavy atom. The van der Waals surface area contributed by atoms with E-state index in [1.54, 1.807) is 0 Å². The number of carboxylic acid groups (broad SMARTS) is 1. The third-order valence-corrected chi connectivity index (χ3v) is 7.76. The number of aliphatic carboxylic acids is 1. The van der Waals surface area contributed by atoms with Crippen molar-refractivity contribution in [2.45, 2.75) is 38.0 Å². The van der Waals surface area contributed by atoms with Crippen molar-refractivity contribution >= 4 is 18.0 Å². The van der Waals surface area contributed by atoms with Crippen LogP contribution in [0.25, 0.3) is 11.1 Å². The topological polar surface area (TPSA) is 95.9 Å². The van der Waals surface area contributed by atoms with Crippen LogP contribution >= 0.6 is 0 Å². The second-order valence-corrected chi connectivity index (χ2v) is 9.91. The van der Waals surface area contributed by atoms with E-state index in [2.05, 4.69) is 29.6 Å². The standard InChI is InChI=1S/C28H32N2O5/c31-25(30-15-22-23(16-30)26(22)27(32)33)13-3-1-2-8-14-29-28(34)35-17-24-20-11-6-4-9-18(20)19-10-5-7-12-21(19)24/h4-7,9-12,22-24,26H,1-3,8,13-17H2,(H,29,34)(H,32,33)/t22-,23+,26?. The number of amides is 2. The van der Waals surface area contributed by atoms with Crippen LogP contribution in [0.2, 0.25) is 0 Å². The fourth-order valence-electron chi connectivity index (χ4n) is 5.85. The summed E-state index contributed by atoms with van der Waals surface area (Å²) in [7, 11) is 0. The number of unbranched alkanes of at least 4 members (excludes halogenated alkanes) is 3. The van der Waals surface area contributed by atoms with Gasteiger partial charge in [0, 0.05) is 32.0 Å². The van der Waals surface area contributed by atoms with Gasteiger partial charge in [-0.15, -0.1) is 0 Å². The summed E-state index contributed by atoms with van der Waals surface area (Å²) in [5.41, 5.74) is 4.82. The molecule has 2 fully saturated rings. The molecule has 35 heavy (non-hydrogen) atoms. The monoisotopic (exact) mass is 476 g/mol. The number of alkyl carbamates (subject to hydrolysis) is 1. The second-order valence-electron chi connectivity index (χ2n) is 9.91. The average molecular weight is 477 g/mol. The van der Waals surface area contributed by atoms with E-state index in [0.29, 0.717) is 32.7 Å². The fourth-order valence-corrected chi connectivity index (χ4v) is 5.85. The SMILES string of the molecule is O=C(NCCCCCCC(=O)N1C[C@@H]2C(C(=O)O)[C@@H]2C1)OCC1c2ccccc2-c2ccccc21. The largest absolute Gasteiger partial charge is 0.481 e. The molecule has 1 unspecified atom stereocenters. The molecule has 7 nitrogen and oxygen atoms in total. The highest BCUT2D eigenvalue weighted by Crippen LogP contribution is 2.51. The average Bonchev–Trinajstić information content (AvgIpc) is 3.21. The molecular formula is C28H32N2O5. The minimum Gasteiger partial charge on any atom is -0.481 e. The molecule has 0 aromatic heterocycles. The number of fused-ring (bicyclic) bond motifs is 4. The van der Waals surface area contributed by atoms with Crippen molar-refractivity contribution in [3.63, 3.8) is 0 Å². The molecule has 2 aromatic carbocycles. The minimum absolute atomic E-state index is 0.0576. The van der Waals surface area contributed by atoms with Gasteiger partial charge >= 0.3 is 12.1 Å². The zero-order chi connectivity index (χ0) is 24.4. The highest BCUT2D eigenvalue weighted by Gasteiger charge is 2.60. The summed E-state index contributed by atoms with van der Waals surface area (Å²) in [4.78, 5) is 37.4. The second kappa shape index (κ2) is 10.1. The van der Waals surface area contributed by atoms with E-state index in [0.717, 1.165) is 25.7 Å². The van der Waals surface area contributed by atoms with Crippen molar-refractivity contribution < 1.29 is 24.2 Å². The summed E-state index contributed by atoms with van der Waals surface area (Å²) < 4.78 is 5.55. The molecule has 1 aliphatic heterocycles. The van der Waals surface area contributed by atoms with Crippen molar-refractivity contribution in [3.05, 3.63) is 59.7 Å². The van der Waals surface area contributed by atoms with Crippen LogP contribution < -0.4 is 5.32 Å². The first-order chi connectivity index (χ1) is 17.0. The fraction of sp³-hybridized carbons (Fsp3) is 0.464. The van der Waals surface area contributed by atoms with E-state index in [1.165, 1.54) is 22.3 Å². The molecule has 3 aliphatic rings. The molecule has 0 radical (unpaired) electrons. The lowest BCUT2D eigenvalue weighted by atomic mass is 9.98. The Morgan fingerprint density at radius 1 is 0.886 bits per heavy atom. The predicted molar refractivity (Wildman–Crippen MR) is 131 cm³/mol. The van der Waals surface area contributed by atoms with Gasteiger partial charge in [0.2, 0.25) is 5.91 Å². The highest BCUT2D eigenvalue weighted by atomic mass is 16.5. The maximum atomic E-state index is 12.3. The molecule has 1 heterocycles. The molecule has 1 saturated carbocycles. The first-order valence-electron chi connectivity index (χ1n) is 12.6. The summed E-state index contributed by atoms with van der Waals surface area (Å²) in [5.74, 6) is -0.428. The van der Waals surface area contributed by atoms with E-state index in [4.69, 9.17) is 9.84 Å². The molecule has 184 valence electrons. The van der Waals surface area contributed by atoms with Crippen LogP contribution in [0.15, 0.2) is 48.5 Å². The lowest BCUT2D eigenvalue weighted by molar-refractivity contribution is -0.141. The predicted octanol–water partition coefficient (Wildman–Crippen LogP) is 4.26. The summed E-state index contributed by atoms with van der Waals surface area (Å²) in [5, 5.41) is 11.9. The van der Waals surface area contributed by atoms with E-state index in [1.807, 2.05) is 29.2 Å². The third kappa shape index (κ3) is 4.90. The van der Waals surface area contributed by atoms with Gasteiger partial charge in [0.15, 0.2) is 0 Å². The maximum absolute atomic E-state index is 12.3. The first kappa shape index (κ1) is 23.4. The number of carbonyl (C=O) groups excluding carboxylic acids is 2. The Morgan fingerprint density at radius 3 is 2.11 bits per heavy atom. The van der Waals surface area contributed by atoms with Crippen molar-refractivity contribution in [1.82, 2.24) is 10.2 Å². The van der Waals surface area contributed by atoms with Crippen molar-refractivity contribution in [3.8, 4) is 11.1 Å². The number of hydrogen-bond acceptors (Lipinski definition) is 4. The van der Waals surface area contributed by atoms with Gasteiger partial charge in [-0.1, -0.05) is 61.4 Å². The van der Waals surface area contributed by atoms with Crippen LogP contribution in [-0.4, -0.2) is 54.2 Å². The molecule has 5 rings (SSSR count). The van der Waals surface area contributed by atoms with E-state index >= 15 is 0 Å². The van der Waals surface area contributed by atoms with Crippen molar-refractivity contribution in [2.24, 2.45) is 17.8 Å². The van der Waals surface area contributed by atoms with Gasteiger partial charge in [-0.2, -0.15) is 0 Å². The van der Waals surface area contributed by atoms with Crippen LogP contribution in [0.1, 0.15) is 49.1 Å². The Hall–Kier alpha value is -3.35. The number of nitrogens with zero attached hydrogens (tertiary/aromatic N) is 1. The molecule has 2 aromatic rings. The number of likely N-dealkylation sites (tertiary alicyclic amines) is 1. The highest BCUT2D eigenvalue weighted by molar-refractivity contribution is 5.80. The Labute approximate surface area is 205 Å². The van der Waals surface area contributed by atoms with Gasteiger partial charge in [0.05, 0.1) is 5.92 Å². The molecule has 7 heteroatoms. The first-order valence-corrected chi connectivity index (χ1v) is 12.6. The van der Waals surface area contributed by atoms with Crippen molar-refractivity contribution in [2.75, 3.05) is 26.2 Å². The van der Waals surface area contributed by atoms with Gasteiger partial charge in [0.1, 0.15) is 6.61 Å². The van der Waals surface area contributed by atoms with Crippen LogP contribution in [0.3, 0.4) is 0 Å². The van der Waals surface area contributed by atoms with Gasteiger partial charge < -0.3 is 20.1 Å². The maximum Gasteiger partial charge on any atom is 0.407 e. The lowest BCUT2D eigenvalue weighted by Crippen LogP contribution is -2.32. The summed E-state index contributed by atoms with van der Waals surface area (Å²) in [6.07, 6.45) is 3.63. The number of piperidine rings is 1. The summed E-state index contributed by atoms with van der Waals surface area (Å²) in [6.45, 7) is 2.07. The van der Waals surface area contributed by atoms with Gasteiger partial charge in [-0.25, -0.2) is 4.79 Å². The minimum atomic E-state index is -0.723. The van der Waals surface area contributed by atoms with Crippen LogP contribution in [0.5, 0.6) is 0 Å². The summed E-state index contributed by atoms with van der Waals surface area (Å²) in [6, 6.07) is 16.5. The van der Waals surface area contributed by atoms with Gasteiger partial charge in [-0.05, 0) is 46.9 Å². The molecule has 2 aliphatic carbocycles. The molecule has 0 spiro atoms. The normalized spacial score (nSPS) is 21.7. The van der Waals surface area contributed by atoms with Gasteiger partial charge in [-0.3, -0.25) is 9.59 Å². The number of carboxylic acids is 1. The number of hydrogen-bond donors (Lipinski definition) is 2. The van der Waals surface area contributed by atoms with Crippen molar-refractivity contribution in [1.29, 1.82) is 0 Å². The van der Waals surface area contributed by atoms with E-state index < -0.39 is 12.1 Å². The number of rotatable bonds is 10. The third-order valence-electron chi connectivity index (χ3n) is 7.76. The number of benzene rings is 2. The van der Waals surface area contributed by atoms with Gasteiger partial charge in [0.25, 0.3) is 0 Å². The number of carbonyl (C=O) groups is 3. The molecule has 2 amide bonds. The molecule has 1 saturated heterocycles. The van der Waals surface area contributed by atoms with E-state index in [-0.39, 0.29) is 29.6 Å². The molecule has 0 bridgehead atoms. The lowest BCUT2D eigenvalue weighted by Gasteiger charge is -2.19. The van der Waals surface area contributed by atoms with E-state index in [9.17, 15) is 14.4 Å². The molecule has 3 atom stereocenters. The molecular weight excluding hydrogens is 444 g/mol. The Bertz CT molecular complexity index is 1060. The quantitative estimate of drug-likeness (QED) is 0.500. The van der Waals surface area contributed by atoms with Crippen LogP contribution in [0, 0.1) is 17.8 Å². The number of ether oxygens (including phenoxy) is 1. The summed E-state index contributed by atoms with van der Waals surface area (Å²) >= 11 is 0. The van der Waals surface area contributed by atoms with Crippen LogP contribution in [-0.2, 0) is 14.3 Å². The molecule has 2 N–H and O–H groups in total. The zero-order valence-electron chi connectivity index (χ0n) is 19.8. The number of nitrogens with one attached hydrogen (secondary N) is 1. The smallest absolute Gasteiger partial charge is 0.407 e. The zero-order valence-corrected chi connectivity index (χ0v) is 19.8. The van der Waals surface area contributed by atoms with Crippen LogP contribution in [0.4, 0.5) is 4.79 Å². The Kier molecular flexibility index (Phi) is 6.75. The Balaban J connectivity index is 0.946.